The number of ether oxygens (including phenoxy) is 1. The highest BCUT2D eigenvalue weighted by molar-refractivity contribution is 5.72. The fraction of sp³-hybridized carbons (Fsp3) is 0.350. The van der Waals surface area contributed by atoms with Gasteiger partial charge in [-0.25, -0.2) is 0 Å². The van der Waals surface area contributed by atoms with E-state index in [2.05, 4.69) is 19.9 Å². The summed E-state index contributed by atoms with van der Waals surface area (Å²) in [6.07, 6.45) is 3.68. The van der Waals surface area contributed by atoms with E-state index in [9.17, 15) is 9.90 Å². The molecule has 0 aliphatic rings. The van der Waals surface area contributed by atoms with Gasteiger partial charge < -0.3 is 9.84 Å². The molecule has 3 nitrogen and oxygen atoms in total. The zero-order chi connectivity index (χ0) is 16.8. The van der Waals surface area contributed by atoms with Crippen LogP contribution in [0, 0.1) is 0 Å². The number of carbonyl (C=O) groups excluding carboxylic acids is 1. The predicted molar refractivity (Wildman–Crippen MR) is 92.8 cm³/mol. The molecule has 0 aliphatic heterocycles. The molecule has 0 spiro atoms. The summed E-state index contributed by atoms with van der Waals surface area (Å²) in [7, 11) is 0. The number of hydrogen-bond donors (Lipinski definition) is 1. The van der Waals surface area contributed by atoms with Gasteiger partial charge in [0.1, 0.15) is 11.5 Å². The minimum absolute atomic E-state index is 0.301. The van der Waals surface area contributed by atoms with Crippen molar-refractivity contribution in [1.29, 1.82) is 0 Å². The lowest BCUT2D eigenvalue weighted by molar-refractivity contribution is -0.131. The number of carbonyl (C=O) groups is 1. The van der Waals surface area contributed by atoms with E-state index < -0.39 is 0 Å². The maximum Gasteiger partial charge on any atom is 0.308 e. The Hall–Kier alpha value is -2.29. The number of hydrogen-bond acceptors (Lipinski definition) is 3. The summed E-state index contributed by atoms with van der Waals surface area (Å²) in [5.74, 6) is 0.682. The van der Waals surface area contributed by atoms with Crippen LogP contribution in [0.2, 0.25) is 0 Å². The van der Waals surface area contributed by atoms with Crippen molar-refractivity contribution in [3.63, 3.8) is 0 Å². The highest BCUT2D eigenvalue weighted by Gasteiger charge is 2.10. The lowest BCUT2D eigenvalue weighted by Gasteiger charge is -2.12. The summed E-state index contributed by atoms with van der Waals surface area (Å²) in [6, 6.07) is 11.6. The lowest BCUT2D eigenvalue weighted by Crippen LogP contribution is -2.04. The van der Waals surface area contributed by atoms with Gasteiger partial charge in [-0.2, -0.15) is 0 Å². The number of phenols is 1. The van der Waals surface area contributed by atoms with E-state index in [1.807, 2.05) is 24.3 Å². The number of aromatic hydroxyl groups is 1. The van der Waals surface area contributed by atoms with Gasteiger partial charge in [-0.3, -0.25) is 4.79 Å². The molecule has 0 aliphatic carbocycles. The van der Waals surface area contributed by atoms with Crippen LogP contribution in [0.25, 0.3) is 11.1 Å². The van der Waals surface area contributed by atoms with Crippen molar-refractivity contribution in [2.24, 2.45) is 0 Å². The summed E-state index contributed by atoms with van der Waals surface area (Å²) in [5, 5.41) is 9.94. The van der Waals surface area contributed by atoms with Gasteiger partial charge in [0.05, 0.1) is 0 Å². The molecule has 0 fully saturated rings. The van der Waals surface area contributed by atoms with E-state index in [0.29, 0.717) is 11.5 Å². The first-order valence-corrected chi connectivity index (χ1v) is 8.18. The van der Waals surface area contributed by atoms with Crippen LogP contribution in [-0.2, 0) is 17.6 Å². The fourth-order valence-corrected chi connectivity index (χ4v) is 2.71. The Bertz CT molecular complexity index is 689. The highest BCUT2D eigenvalue weighted by Crippen LogP contribution is 2.31. The summed E-state index contributed by atoms with van der Waals surface area (Å²) < 4.78 is 5.29. The molecule has 2 rings (SSSR count). The Morgan fingerprint density at radius 1 is 0.957 bits per heavy atom. The Morgan fingerprint density at radius 2 is 1.52 bits per heavy atom. The van der Waals surface area contributed by atoms with Crippen LogP contribution in [0.5, 0.6) is 11.5 Å². The average Bonchev–Trinajstić information content (AvgIpc) is 2.51. The monoisotopic (exact) mass is 312 g/mol. The van der Waals surface area contributed by atoms with Gasteiger partial charge in [-0.05, 0) is 59.4 Å². The first-order valence-electron chi connectivity index (χ1n) is 8.18. The SMILES string of the molecule is CCCc1cc(-c2ccc(OC(C)=O)c(CCC)c2)ccc1O. The van der Waals surface area contributed by atoms with Gasteiger partial charge in [-0.15, -0.1) is 0 Å². The van der Waals surface area contributed by atoms with Crippen molar-refractivity contribution in [3.8, 4) is 22.6 Å². The third-order valence-electron chi connectivity index (χ3n) is 3.77. The summed E-state index contributed by atoms with van der Waals surface area (Å²) in [4.78, 5) is 11.2. The molecule has 0 atom stereocenters. The van der Waals surface area contributed by atoms with Gasteiger partial charge in [0.2, 0.25) is 0 Å². The second-order valence-corrected chi connectivity index (χ2v) is 5.76. The van der Waals surface area contributed by atoms with Gasteiger partial charge in [0, 0.05) is 6.92 Å². The third kappa shape index (κ3) is 4.35. The molecule has 0 aromatic heterocycles. The number of benzene rings is 2. The van der Waals surface area contributed by atoms with E-state index >= 15 is 0 Å². The Kier molecular flexibility index (Phi) is 5.80. The number of esters is 1. The molecule has 3 heteroatoms. The van der Waals surface area contributed by atoms with Crippen LogP contribution < -0.4 is 4.74 Å². The molecule has 0 radical (unpaired) electrons. The molecule has 2 aromatic rings. The molecule has 0 unspecified atom stereocenters. The molecular formula is C20H24O3. The molecule has 2 aromatic carbocycles. The summed E-state index contributed by atoms with van der Waals surface area (Å²) in [6.45, 7) is 5.62. The van der Waals surface area contributed by atoms with Crippen LogP contribution in [0.3, 0.4) is 0 Å². The van der Waals surface area contributed by atoms with Crippen molar-refractivity contribution in [3.05, 3.63) is 47.5 Å². The van der Waals surface area contributed by atoms with Crippen molar-refractivity contribution in [2.75, 3.05) is 0 Å². The first kappa shape index (κ1) is 17.1. The van der Waals surface area contributed by atoms with Gasteiger partial charge >= 0.3 is 5.97 Å². The van der Waals surface area contributed by atoms with Crippen LogP contribution in [0.1, 0.15) is 44.7 Å². The average molecular weight is 312 g/mol. The highest BCUT2D eigenvalue weighted by atomic mass is 16.5. The topological polar surface area (TPSA) is 46.5 Å². The van der Waals surface area contributed by atoms with Gasteiger partial charge in [-0.1, -0.05) is 38.8 Å². The molecule has 122 valence electrons. The van der Waals surface area contributed by atoms with E-state index in [1.165, 1.54) is 6.92 Å². The van der Waals surface area contributed by atoms with Crippen LogP contribution >= 0.6 is 0 Å². The van der Waals surface area contributed by atoms with Crippen LogP contribution in [0.15, 0.2) is 36.4 Å². The molecular weight excluding hydrogens is 288 g/mol. The van der Waals surface area contributed by atoms with Crippen LogP contribution in [0.4, 0.5) is 0 Å². The largest absolute Gasteiger partial charge is 0.508 e. The van der Waals surface area contributed by atoms with Gasteiger partial charge in [0.25, 0.3) is 0 Å². The zero-order valence-electron chi connectivity index (χ0n) is 14.1. The molecule has 1 N–H and O–H groups in total. The minimum Gasteiger partial charge on any atom is -0.508 e. The Balaban J connectivity index is 2.41. The van der Waals surface area contributed by atoms with E-state index in [4.69, 9.17) is 4.74 Å². The molecule has 0 saturated heterocycles. The van der Waals surface area contributed by atoms with Crippen molar-refractivity contribution < 1.29 is 14.6 Å². The van der Waals surface area contributed by atoms with Crippen molar-refractivity contribution >= 4 is 5.97 Å². The van der Waals surface area contributed by atoms with E-state index in [-0.39, 0.29) is 5.97 Å². The summed E-state index contributed by atoms with van der Waals surface area (Å²) >= 11 is 0. The quantitative estimate of drug-likeness (QED) is 0.610. The smallest absolute Gasteiger partial charge is 0.308 e. The second-order valence-electron chi connectivity index (χ2n) is 5.76. The zero-order valence-corrected chi connectivity index (χ0v) is 14.1. The number of aryl methyl sites for hydroxylation is 2. The summed E-state index contributed by atoms with van der Waals surface area (Å²) in [5.41, 5.74) is 4.14. The standard InChI is InChI=1S/C20H24O3/c1-4-6-17-12-15(8-10-19(17)22)16-9-11-20(23-14(3)21)18(13-16)7-5-2/h8-13,22H,4-7H2,1-3H3. The molecule has 0 amide bonds. The van der Waals surface area contributed by atoms with Crippen LogP contribution in [-0.4, -0.2) is 11.1 Å². The van der Waals surface area contributed by atoms with Crippen molar-refractivity contribution in [2.45, 2.75) is 46.5 Å². The Labute approximate surface area is 137 Å². The lowest BCUT2D eigenvalue weighted by atomic mass is 9.97. The van der Waals surface area contributed by atoms with Crippen molar-refractivity contribution in [1.82, 2.24) is 0 Å². The Morgan fingerprint density at radius 3 is 2.13 bits per heavy atom. The third-order valence-corrected chi connectivity index (χ3v) is 3.77. The molecule has 0 bridgehead atoms. The molecule has 0 heterocycles. The second kappa shape index (κ2) is 7.82. The predicted octanol–water partition coefficient (Wildman–Crippen LogP) is 4.89. The number of phenolic OH excluding ortho intramolecular Hbond substituents is 1. The minimum atomic E-state index is -0.301. The fourth-order valence-electron chi connectivity index (χ4n) is 2.71. The normalized spacial score (nSPS) is 10.6. The molecule has 23 heavy (non-hydrogen) atoms. The van der Waals surface area contributed by atoms with E-state index in [1.54, 1.807) is 6.07 Å². The molecule has 0 saturated carbocycles. The maximum absolute atomic E-state index is 11.2. The number of rotatable bonds is 6. The maximum atomic E-state index is 11.2. The first-order chi connectivity index (χ1) is 11.0. The van der Waals surface area contributed by atoms with Gasteiger partial charge in [0.15, 0.2) is 0 Å². The van der Waals surface area contributed by atoms with E-state index in [0.717, 1.165) is 47.9 Å².